The highest BCUT2D eigenvalue weighted by Gasteiger charge is 2.17. The van der Waals surface area contributed by atoms with Gasteiger partial charge in [0.1, 0.15) is 5.75 Å². The molecule has 0 fully saturated rings. The minimum absolute atomic E-state index is 0.148. The molecule has 0 aliphatic carbocycles. The smallest absolute Gasteiger partial charge is 0.265 e. The van der Waals surface area contributed by atoms with Crippen molar-refractivity contribution >= 4 is 11.6 Å². The fraction of sp³-hybridized carbons (Fsp3) is 0.435. The van der Waals surface area contributed by atoms with Crippen LogP contribution in [0.1, 0.15) is 43.0 Å². The average molecular weight is 369 g/mol. The molecule has 2 rings (SSSR count). The summed E-state index contributed by atoms with van der Waals surface area (Å²) in [7, 11) is 0. The van der Waals surface area contributed by atoms with Crippen molar-refractivity contribution in [2.75, 3.05) is 18.4 Å². The fourth-order valence-electron chi connectivity index (χ4n) is 3.01. The normalized spacial score (nSPS) is 12.1. The van der Waals surface area contributed by atoms with Crippen LogP contribution in [0, 0.1) is 20.8 Å². The molecule has 0 aliphatic heterocycles. The van der Waals surface area contributed by atoms with Crippen LogP contribution in [0.3, 0.4) is 0 Å². The summed E-state index contributed by atoms with van der Waals surface area (Å²) in [6.45, 7) is 15.2. The van der Waals surface area contributed by atoms with Crippen molar-refractivity contribution in [3.63, 3.8) is 0 Å². The van der Waals surface area contributed by atoms with E-state index in [4.69, 9.17) is 4.74 Å². The molecule has 0 aromatic heterocycles. The Balaban J connectivity index is 1.98. The zero-order chi connectivity index (χ0) is 20.0. The molecule has 2 aromatic rings. The summed E-state index contributed by atoms with van der Waals surface area (Å²) >= 11 is 0. The quantitative estimate of drug-likeness (QED) is 0.723. The van der Waals surface area contributed by atoms with Gasteiger partial charge in [-0.15, -0.1) is 0 Å². The number of nitrogens with zero attached hydrogens (tertiary/aromatic N) is 1. The van der Waals surface area contributed by atoms with Gasteiger partial charge in [-0.2, -0.15) is 0 Å². The Kier molecular flexibility index (Phi) is 7.43. The highest BCUT2D eigenvalue weighted by molar-refractivity contribution is 5.94. The number of carbonyl (C=O) groups excluding carboxylic acids is 1. The Morgan fingerprint density at radius 2 is 1.70 bits per heavy atom. The lowest BCUT2D eigenvalue weighted by Crippen LogP contribution is -2.30. The van der Waals surface area contributed by atoms with E-state index in [-0.39, 0.29) is 5.91 Å². The standard InChI is InChI=1S/C23H32N2O2/c1-7-25(8-2)15-20-9-11-21(12-10-20)24-23(26)19(6)27-22-14-16(3)13-17(4)18(22)5/h9-14,19H,7-8,15H2,1-6H3,(H,24,26)/t19-/m1/s1. The first kappa shape index (κ1) is 21.0. The van der Waals surface area contributed by atoms with Gasteiger partial charge in [-0.1, -0.05) is 32.0 Å². The maximum atomic E-state index is 12.5. The van der Waals surface area contributed by atoms with E-state index in [1.165, 1.54) is 11.1 Å². The van der Waals surface area contributed by atoms with E-state index in [2.05, 4.69) is 49.2 Å². The van der Waals surface area contributed by atoms with Gasteiger partial charge in [0.25, 0.3) is 5.91 Å². The molecular weight excluding hydrogens is 336 g/mol. The fourth-order valence-corrected chi connectivity index (χ4v) is 3.01. The van der Waals surface area contributed by atoms with Crippen LogP contribution in [0.25, 0.3) is 0 Å². The number of aryl methyl sites for hydroxylation is 2. The Morgan fingerprint density at radius 3 is 2.30 bits per heavy atom. The molecule has 1 amide bonds. The van der Waals surface area contributed by atoms with Crippen molar-refractivity contribution in [2.24, 2.45) is 0 Å². The maximum Gasteiger partial charge on any atom is 0.265 e. The van der Waals surface area contributed by atoms with Gasteiger partial charge in [0, 0.05) is 12.2 Å². The average Bonchev–Trinajstić information content (AvgIpc) is 2.64. The van der Waals surface area contributed by atoms with Crippen LogP contribution in [0.2, 0.25) is 0 Å². The summed E-state index contributed by atoms with van der Waals surface area (Å²) in [5.74, 6) is 0.620. The lowest BCUT2D eigenvalue weighted by molar-refractivity contribution is -0.122. The van der Waals surface area contributed by atoms with Crippen LogP contribution in [0.5, 0.6) is 5.75 Å². The van der Waals surface area contributed by atoms with E-state index in [1.807, 2.05) is 32.0 Å². The number of benzene rings is 2. The first-order chi connectivity index (χ1) is 12.8. The molecule has 0 spiro atoms. The first-order valence-corrected chi connectivity index (χ1v) is 9.70. The number of hydrogen-bond acceptors (Lipinski definition) is 3. The molecule has 0 saturated heterocycles. The van der Waals surface area contributed by atoms with Crippen LogP contribution >= 0.6 is 0 Å². The van der Waals surface area contributed by atoms with E-state index in [0.29, 0.717) is 0 Å². The van der Waals surface area contributed by atoms with Gasteiger partial charge in [-0.25, -0.2) is 0 Å². The van der Waals surface area contributed by atoms with Crippen molar-refractivity contribution in [2.45, 2.75) is 54.2 Å². The molecule has 0 bridgehead atoms. The van der Waals surface area contributed by atoms with E-state index in [1.54, 1.807) is 6.92 Å². The van der Waals surface area contributed by atoms with Gasteiger partial charge < -0.3 is 10.1 Å². The molecule has 0 aliphatic rings. The molecule has 0 saturated carbocycles. The molecule has 4 nitrogen and oxygen atoms in total. The number of hydrogen-bond donors (Lipinski definition) is 1. The summed E-state index contributed by atoms with van der Waals surface area (Å²) in [5.41, 5.74) is 5.40. The number of rotatable bonds is 8. The predicted octanol–water partition coefficient (Wildman–Crippen LogP) is 4.86. The Morgan fingerprint density at radius 1 is 1.07 bits per heavy atom. The van der Waals surface area contributed by atoms with E-state index < -0.39 is 6.10 Å². The van der Waals surface area contributed by atoms with E-state index in [0.717, 1.165) is 42.2 Å². The van der Waals surface area contributed by atoms with Gasteiger partial charge in [0.2, 0.25) is 0 Å². The van der Waals surface area contributed by atoms with Crippen molar-refractivity contribution in [3.05, 3.63) is 58.7 Å². The number of amides is 1. The number of ether oxygens (including phenoxy) is 1. The molecule has 0 heterocycles. The van der Waals surface area contributed by atoms with E-state index in [9.17, 15) is 4.79 Å². The molecule has 1 N–H and O–H groups in total. The van der Waals surface area contributed by atoms with Crippen LogP contribution in [0.4, 0.5) is 5.69 Å². The largest absolute Gasteiger partial charge is 0.481 e. The number of anilines is 1. The third kappa shape index (κ3) is 5.83. The third-order valence-electron chi connectivity index (χ3n) is 4.96. The summed E-state index contributed by atoms with van der Waals surface area (Å²) in [6, 6.07) is 12.1. The first-order valence-electron chi connectivity index (χ1n) is 9.70. The second-order valence-corrected chi connectivity index (χ2v) is 7.11. The topological polar surface area (TPSA) is 41.6 Å². The molecule has 27 heavy (non-hydrogen) atoms. The van der Waals surface area contributed by atoms with Crippen LogP contribution in [-0.2, 0) is 11.3 Å². The Labute approximate surface area is 163 Å². The van der Waals surface area contributed by atoms with Gasteiger partial charge in [-0.05, 0) is 81.2 Å². The van der Waals surface area contributed by atoms with E-state index >= 15 is 0 Å². The van der Waals surface area contributed by atoms with Crippen LogP contribution in [-0.4, -0.2) is 30.0 Å². The maximum absolute atomic E-state index is 12.5. The van der Waals surface area contributed by atoms with Crippen molar-refractivity contribution in [1.29, 1.82) is 0 Å². The van der Waals surface area contributed by atoms with Gasteiger partial charge >= 0.3 is 0 Å². The number of carbonyl (C=O) groups is 1. The van der Waals surface area contributed by atoms with Crippen molar-refractivity contribution in [3.8, 4) is 5.75 Å². The summed E-state index contributed by atoms with van der Waals surface area (Å²) in [6.07, 6.45) is -0.569. The molecular formula is C23H32N2O2. The second-order valence-electron chi connectivity index (χ2n) is 7.11. The monoisotopic (exact) mass is 368 g/mol. The SMILES string of the molecule is CCN(CC)Cc1ccc(NC(=O)[C@@H](C)Oc2cc(C)cc(C)c2C)cc1. The van der Waals surface area contributed by atoms with Gasteiger partial charge in [0.15, 0.2) is 6.10 Å². The molecule has 4 heteroatoms. The minimum atomic E-state index is -0.569. The highest BCUT2D eigenvalue weighted by Crippen LogP contribution is 2.24. The number of nitrogens with one attached hydrogen (secondary N) is 1. The van der Waals surface area contributed by atoms with Crippen LogP contribution in [0.15, 0.2) is 36.4 Å². The zero-order valence-electron chi connectivity index (χ0n) is 17.4. The third-order valence-corrected chi connectivity index (χ3v) is 4.96. The molecule has 146 valence electrons. The lowest BCUT2D eigenvalue weighted by atomic mass is 10.1. The van der Waals surface area contributed by atoms with Crippen molar-refractivity contribution in [1.82, 2.24) is 4.90 Å². The molecule has 2 aromatic carbocycles. The van der Waals surface area contributed by atoms with Crippen molar-refractivity contribution < 1.29 is 9.53 Å². The second kappa shape index (κ2) is 9.56. The summed E-state index contributed by atoms with van der Waals surface area (Å²) in [5, 5.41) is 2.94. The summed E-state index contributed by atoms with van der Waals surface area (Å²) < 4.78 is 5.93. The molecule has 0 unspecified atom stereocenters. The van der Waals surface area contributed by atoms with Gasteiger partial charge in [0.05, 0.1) is 0 Å². The molecule has 1 atom stereocenters. The zero-order valence-corrected chi connectivity index (χ0v) is 17.4. The van der Waals surface area contributed by atoms with Gasteiger partial charge in [-0.3, -0.25) is 9.69 Å². The Hall–Kier alpha value is -2.33. The predicted molar refractivity (Wildman–Crippen MR) is 112 cm³/mol. The van der Waals surface area contributed by atoms with Crippen LogP contribution < -0.4 is 10.1 Å². The lowest BCUT2D eigenvalue weighted by Gasteiger charge is -2.19. The minimum Gasteiger partial charge on any atom is -0.481 e. The molecule has 0 radical (unpaired) electrons. The summed E-state index contributed by atoms with van der Waals surface area (Å²) in [4.78, 5) is 14.9. The highest BCUT2D eigenvalue weighted by atomic mass is 16.5. The Bertz CT molecular complexity index is 765.